The zero-order valence-corrected chi connectivity index (χ0v) is 16.6. The summed E-state index contributed by atoms with van der Waals surface area (Å²) in [5.74, 6) is 0.880. The van der Waals surface area contributed by atoms with Crippen LogP contribution in [-0.2, 0) is 12.8 Å². The fraction of sp³-hybridized carbons (Fsp3) is 0.538. The molecule has 1 saturated heterocycles. The lowest BCUT2D eigenvalue weighted by molar-refractivity contribution is 0.107. The first-order valence-electron chi connectivity index (χ1n) is 11.1. The molecule has 3 aliphatic rings. The Balaban J connectivity index is 1.22. The normalized spacial score (nSPS) is 21.6. The number of piperidine rings is 1. The van der Waals surface area contributed by atoms with Crippen LogP contribution in [0.1, 0.15) is 62.5 Å². The van der Waals surface area contributed by atoms with Gasteiger partial charge in [0.05, 0.1) is 0 Å². The van der Waals surface area contributed by atoms with E-state index in [0.717, 1.165) is 24.8 Å². The van der Waals surface area contributed by atoms with Crippen molar-refractivity contribution >= 4 is 0 Å². The molecular formula is C26H33N. The van der Waals surface area contributed by atoms with Crippen LogP contribution >= 0.6 is 0 Å². The van der Waals surface area contributed by atoms with E-state index in [1.54, 1.807) is 0 Å². The van der Waals surface area contributed by atoms with E-state index in [9.17, 15) is 0 Å². The van der Waals surface area contributed by atoms with E-state index in [0.29, 0.717) is 0 Å². The molecule has 4 rings (SSSR count). The smallest absolute Gasteiger partial charge is 0.00952 e. The minimum Gasteiger partial charge on any atom is -0.300 e. The summed E-state index contributed by atoms with van der Waals surface area (Å²) in [7, 11) is 0. The van der Waals surface area contributed by atoms with Crippen molar-refractivity contribution in [1.29, 1.82) is 0 Å². The van der Waals surface area contributed by atoms with Gasteiger partial charge in [-0.3, -0.25) is 0 Å². The van der Waals surface area contributed by atoms with Gasteiger partial charge in [-0.1, -0.05) is 61.1 Å². The van der Waals surface area contributed by atoms with Crippen molar-refractivity contribution in [3.8, 4) is 0 Å². The highest BCUT2D eigenvalue weighted by Gasteiger charge is 2.26. The maximum Gasteiger partial charge on any atom is 0.00952 e. The molecular weight excluding hydrogens is 326 g/mol. The monoisotopic (exact) mass is 359 g/mol. The number of benzene rings is 1. The number of hydrogen-bond donors (Lipinski definition) is 0. The number of nitrogens with zero attached hydrogens (tertiary/aromatic N) is 1. The molecule has 142 valence electrons. The topological polar surface area (TPSA) is 3.24 Å². The highest BCUT2D eigenvalue weighted by molar-refractivity contribution is 5.28. The summed E-state index contributed by atoms with van der Waals surface area (Å²) in [6.07, 6.45) is 19.6. The van der Waals surface area contributed by atoms with Gasteiger partial charge in [0.2, 0.25) is 0 Å². The molecule has 2 fully saturated rings. The Morgan fingerprint density at radius 3 is 2.30 bits per heavy atom. The maximum atomic E-state index is 3.20. The third kappa shape index (κ3) is 5.36. The molecule has 1 aromatic carbocycles. The van der Waals surface area contributed by atoms with Crippen molar-refractivity contribution in [2.45, 2.75) is 70.3 Å². The number of hydrogen-bond acceptors (Lipinski definition) is 1. The number of likely N-dealkylation sites (tertiary alicyclic amines) is 1. The minimum atomic E-state index is 0.880. The summed E-state index contributed by atoms with van der Waals surface area (Å²) in [5.41, 5.74) is 10.5. The Kier molecular flexibility index (Phi) is 6.49. The maximum absolute atomic E-state index is 3.20. The molecule has 0 atom stereocenters. The summed E-state index contributed by atoms with van der Waals surface area (Å²) in [6, 6.07) is 10.3. The average Bonchev–Trinajstić information content (AvgIpc) is 2.75. The zero-order chi connectivity index (χ0) is 18.3. The Morgan fingerprint density at radius 1 is 0.852 bits per heavy atom. The Labute approximate surface area is 165 Å². The summed E-state index contributed by atoms with van der Waals surface area (Å²) >= 11 is 0. The van der Waals surface area contributed by atoms with E-state index < -0.39 is 0 Å². The second-order valence-electron chi connectivity index (χ2n) is 8.61. The largest absolute Gasteiger partial charge is 0.300 e. The van der Waals surface area contributed by atoms with Gasteiger partial charge in [0.15, 0.2) is 0 Å². The van der Waals surface area contributed by atoms with Crippen LogP contribution in [0.25, 0.3) is 0 Å². The van der Waals surface area contributed by atoms with Crippen LogP contribution in [-0.4, -0.2) is 24.0 Å². The van der Waals surface area contributed by atoms with E-state index in [4.69, 9.17) is 0 Å². The van der Waals surface area contributed by atoms with E-state index in [2.05, 4.69) is 52.8 Å². The third-order valence-corrected chi connectivity index (χ3v) is 6.68. The van der Waals surface area contributed by atoms with Crippen molar-refractivity contribution in [3.63, 3.8) is 0 Å². The molecule has 27 heavy (non-hydrogen) atoms. The van der Waals surface area contributed by atoms with Gasteiger partial charge in [-0.2, -0.15) is 0 Å². The quantitative estimate of drug-likeness (QED) is 0.562. The van der Waals surface area contributed by atoms with E-state index in [-0.39, 0.29) is 0 Å². The van der Waals surface area contributed by atoms with Crippen molar-refractivity contribution in [2.75, 3.05) is 13.1 Å². The molecule has 1 heterocycles. The van der Waals surface area contributed by atoms with E-state index in [1.807, 2.05) is 6.08 Å². The number of allylic oxidation sites excluding steroid dienone is 4. The fourth-order valence-electron chi connectivity index (χ4n) is 4.96. The number of aryl methyl sites for hydroxylation is 1. The van der Waals surface area contributed by atoms with Crippen LogP contribution in [0.5, 0.6) is 0 Å². The van der Waals surface area contributed by atoms with Crippen LogP contribution in [0.4, 0.5) is 0 Å². The Bertz CT molecular complexity index is 727. The standard InChI is InChI=1S/C26H33N/c1-3-7-22(8-4-1)11-12-23-13-15-24(16-14-23)21-25-17-19-27(20-18-25)26-9-5-2-6-10-26/h1,3,7,13-16,25-26H,2,5-6,9-12,17-21H2. The van der Waals surface area contributed by atoms with Crippen molar-refractivity contribution in [1.82, 2.24) is 4.90 Å². The molecule has 0 N–H and O–H groups in total. The second-order valence-corrected chi connectivity index (χ2v) is 8.61. The highest BCUT2D eigenvalue weighted by atomic mass is 15.2. The minimum absolute atomic E-state index is 0.880. The predicted molar refractivity (Wildman–Crippen MR) is 114 cm³/mol. The lowest BCUT2D eigenvalue weighted by Crippen LogP contribution is -2.42. The summed E-state index contributed by atoms with van der Waals surface area (Å²) in [4.78, 5) is 2.80. The molecule has 1 saturated carbocycles. The van der Waals surface area contributed by atoms with Crippen LogP contribution in [0.3, 0.4) is 0 Å². The van der Waals surface area contributed by atoms with Gasteiger partial charge in [0.25, 0.3) is 0 Å². The molecule has 0 unspecified atom stereocenters. The summed E-state index contributed by atoms with van der Waals surface area (Å²) in [6.45, 7) is 2.66. The molecule has 0 radical (unpaired) electrons. The molecule has 1 aromatic rings. The van der Waals surface area contributed by atoms with Crippen molar-refractivity contribution in [3.05, 3.63) is 70.7 Å². The SMILES string of the molecule is C1=C=C(CCc2ccc(CC3CCN(C4CCCCC4)CC3)cc2)C=CC=1. The molecule has 0 aromatic heterocycles. The van der Waals surface area contributed by atoms with Crippen LogP contribution < -0.4 is 0 Å². The summed E-state index contributed by atoms with van der Waals surface area (Å²) < 4.78 is 0. The third-order valence-electron chi connectivity index (χ3n) is 6.68. The number of rotatable bonds is 6. The molecule has 0 amide bonds. The van der Waals surface area contributed by atoms with Gasteiger partial charge in [-0.05, 0) is 87.2 Å². The average molecular weight is 360 g/mol. The van der Waals surface area contributed by atoms with Crippen molar-refractivity contribution < 1.29 is 0 Å². The summed E-state index contributed by atoms with van der Waals surface area (Å²) in [5, 5.41) is 0. The van der Waals surface area contributed by atoms with Gasteiger partial charge in [-0.15, -0.1) is 0 Å². The van der Waals surface area contributed by atoms with E-state index >= 15 is 0 Å². The first-order chi connectivity index (χ1) is 13.4. The van der Waals surface area contributed by atoms with Crippen LogP contribution in [0.2, 0.25) is 0 Å². The molecule has 2 aliphatic carbocycles. The molecule has 1 aliphatic heterocycles. The molecule has 0 spiro atoms. The molecule has 1 heteroatoms. The Hall–Kier alpha value is -1.78. The Morgan fingerprint density at radius 2 is 1.59 bits per heavy atom. The van der Waals surface area contributed by atoms with Crippen molar-refractivity contribution in [2.24, 2.45) is 5.92 Å². The van der Waals surface area contributed by atoms with Gasteiger partial charge in [-0.25, -0.2) is 0 Å². The first-order valence-corrected chi connectivity index (χ1v) is 11.1. The van der Waals surface area contributed by atoms with Gasteiger partial charge >= 0.3 is 0 Å². The lowest BCUT2D eigenvalue weighted by Gasteiger charge is -2.39. The highest BCUT2D eigenvalue weighted by Crippen LogP contribution is 2.28. The van der Waals surface area contributed by atoms with Crippen LogP contribution in [0, 0.1) is 5.92 Å². The van der Waals surface area contributed by atoms with E-state index in [1.165, 1.54) is 81.2 Å². The van der Waals surface area contributed by atoms with Gasteiger partial charge in [0.1, 0.15) is 0 Å². The molecule has 0 bridgehead atoms. The predicted octanol–water partition coefficient (Wildman–Crippen LogP) is 6.01. The molecule has 1 nitrogen and oxygen atoms in total. The van der Waals surface area contributed by atoms with Gasteiger partial charge < -0.3 is 4.90 Å². The van der Waals surface area contributed by atoms with Gasteiger partial charge in [0, 0.05) is 11.6 Å². The van der Waals surface area contributed by atoms with Crippen LogP contribution in [0.15, 0.2) is 59.5 Å². The lowest BCUT2D eigenvalue weighted by atomic mass is 9.87. The second kappa shape index (κ2) is 9.43. The first kappa shape index (κ1) is 18.6. The fourth-order valence-corrected chi connectivity index (χ4v) is 4.96. The zero-order valence-electron chi connectivity index (χ0n) is 16.6.